The average Bonchev–Trinajstić information content (AvgIpc) is 3.15. The highest BCUT2D eigenvalue weighted by Gasteiger charge is 2.30. The zero-order valence-corrected chi connectivity index (χ0v) is 14.3. The van der Waals surface area contributed by atoms with Gasteiger partial charge in [-0.25, -0.2) is 13.4 Å². The minimum atomic E-state index is -4.55. The van der Waals surface area contributed by atoms with Crippen molar-refractivity contribution in [2.45, 2.75) is 17.3 Å². The molecule has 0 aliphatic heterocycles. The number of benzene rings is 1. The predicted molar refractivity (Wildman–Crippen MR) is 86.8 cm³/mol. The molecule has 2 heterocycles. The fourth-order valence-electron chi connectivity index (χ4n) is 2.04. The zero-order valence-electron chi connectivity index (χ0n) is 12.7. The van der Waals surface area contributed by atoms with Gasteiger partial charge in [0.1, 0.15) is 4.21 Å². The van der Waals surface area contributed by atoms with Gasteiger partial charge in [-0.05, 0) is 30.3 Å². The van der Waals surface area contributed by atoms with E-state index in [4.69, 9.17) is 4.42 Å². The molecule has 0 aliphatic carbocycles. The molecule has 0 saturated heterocycles. The zero-order chi connectivity index (χ0) is 18.2. The molecule has 0 radical (unpaired) electrons. The van der Waals surface area contributed by atoms with Gasteiger partial charge >= 0.3 is 6.18 Å². The summed E-state index contributed by atoms with van der Waals surface area (Å²) < 4.78 is 70.4. The van der Waals surface area contributed by atoms with Crippen LogP contribution in [-0.4, -0.2) is 13.4 Å². The second-order valence-corrected chi connectivity index (χ2v) is 8.04. The summed E-state index contributed by atoms with van der Waals surface area (Å²) in [6.07, 6.45) is -3.08. The predicted octanol–water partition coefficient (Wildman–Crippen LogP) is 4.53. The molecule has 3 aromatic rings. The fraction of sp³-hybridized carbons (Fsp3) is 0.133. The lowest BCUT2D eigenvalue weighted by atomic mass is 10.2. The van der Waals surface area contributed by atoms with Crippen molar-refractivity contribution in [2.75, 3.05) is 4.72 Å². The topological polar surface area (TPSA) is 72.2 Å². The van der Waals surface area contributed by atoms with Gasteiger partial charge in [0.15, 0.2) is 11.7 Å². The van der Waals surface area contributed by atoms with E-state index in [1.165, 1.54) is 18.3 Å². The number of thiophene rings is 1. The maximum atomic E-state index is 12.7. The summed E-state index contributed by atoms with van der Waals surface area (Å²) in [6, 6.07) is 6.90. The number of nitrogens with one attached hydrogen (secondary N) is 1. The number of sulfonamides is 1. The molecule has 0 unspecified atom stereocenters. The highest BCUT2D eigenvalue weighted by Crippen LogP contribution is 2.34. The first kappa shape index (κ1) is 17.5. The van der Waals surface area contributed by atoms with E-state index in [-0.39, 0.29) is 9.90 Å². The van der Waals surface area contributed by atoms with E-state index in [9.17, 15) is 21.6 Å². The number of oxazole rings is 1. The maximum Gasteiger partial charge on any atom is 0.416 e. The molecule has 5 nitrogen and oxygen atoms in total. The Kier molecular flexibility index (Phi) is 4.33. The van der Waals surface area contributed by atoms with Crippen molar-refractivity contribution in [1.82, 2.24) is 4.98 Å². The van der Waals surface area contributed by atoms with Crippen molar-refractivity contribution < 1.29 is 26.0 Å². The Hall–Kier alpha value is -2.33. The third-order valence-electron chi connectivity index (χ3n) is 3.15. The number of nitrogens with zero attached hydrogens (tertiary/aromatic N) is 1. The lowest BCUT2D eigenvalue weighted by Gasteiger charge is -2.10. The van der Waals surface area contributed by atoms with E-state index < -0.39 is 21.8 Å². The summed E-state index contributed by atoms with van der Waals surface area (Å²) in [4.78, 5) is 4.48. The molecule has 132 valence electrons. The van der Waals surface area contributed by atoms with Gasteiger partial charge in [0.2, 0.25) is 0 Å². The number of halogens is 3. The first-order chi connectivity index (χ1) is 11.6. The summed E-state index contributed by atoms with van der Waals surface area (Å²) in [5.74, 6) is 0.859. The average molecular weight is 388 g/mol. The largest absolute Gasteiger partial charge is 0.440 e. The Morgan fingerprint density at radius 1 is 1.20 bits per heavy atom. The smallest absolute Gasteiger partial charge is 0.416 e. The minimum absolute atomic E-state index is 0.0473. The first-order valence-corrected chi connectivity index (χ1v) is 9.18. The Bertz CT molecular complexity index is 1010. The minimum Gasteiger partial charge on any atom is -0.440 e. The van der Waals surface area contributed by atoms with E-state index in [1.54, 1.807) is 13.0 Å². The summed E-state index contributed by atoms with van der Waals surface area (Å²) in [5, 5.41) is 0. The van der Waals surface area contributed by atoms with Gasteiger partial charge in [0.25, 0.3) is 10.0 Å². The molecule has 0 fully saturated rings. The van der Waals surface area contributed by atoms with Gasteiger partial charge < -0.3 is 4.42 Å². The Labute approximate surface area is 145 Å². The van der Waals surface area contributed by atoms with Crippen LogP contribution in [0.15, 0.2) is 51.2 Å². The SMILES string of the molecule is Cc1ncc(-c2ccc(S(=O)(=O)Nc3cccc(C(F)(F)F)c3)s2)o1. The number of alkyl halides is 3. The lowest BCUT2D eigenvalue weighted by Crippen LogP contribution is -2.12. The van der Waals surface area contributed by atoms with E-state index in [1.807, 2.05) is 0 Å². The van der Waals surface area contributed by atoms with E-state index >= 15 is 0 Å². The molecule has 25 heavy (non-hydrogen) atoms. The van der Waals surface area contributed by atoms with Crippen molar-refractivity contribution in [3.05, 3.63) is 54.0 Å². The quantitative estimate of drug-likeness (QED) is 0.713. The van der Waals surface area contributed by atoms with Crippen molar-refractivity contribution >= 4 is 27.0 Å². The number of hydrogen-bond donors (Lipinski definition) is 1. The highest BCUT2D eigenvalue weighted by atomic mass is 32.2. The van der Waals surface area contributed by atoms with Gasteiger partial charge in [0.05, 0.1) is 16.6 Å². The number of rotatable bonds is 4. The Balaban J connectivity index is 1.87. The van der Waals surface area contributed by atoms with Gasteiger partial charge in [-0.1, -0.05) is 6.07 Å². The second-order valence-electron chi connectivity index (χ2n) is 5.05. The van der Waals surface area contributed by atoms with Crippen molar-refractivity contribution in [2.24, 2.45) is 0 Å². The number of hydrogen-bond acceptors (Lipinski definition) is 5. The molecule has 0 saturated carbocycles. The van der Waals surface area contributed by atoms with E-state index in [0.29, 0.717) is 16.5 Å². The Morgan fingerprint density at radius 3 is 2.60 bits per heavy atom. The summed E-state index contributed by atoms with van der Waals surface area (Å²) >= 11 is 0.929. The third-order valence-corrected chi connectivity index (χ3v) is 6.13. The fourth-order valence-corrected chi connectivity index (χ4v) is 4.34. The standard InChI is InChI=1S/C15H11F3N2O3S2/c1-9-19-8-12(23-9)13-5-6-14(24-13)25(21,22)20-11-4-2-3-10(7-11)15(16,17)18/h2-8,20H,1H3. The van der Waals surface area contributed by atoms with Crippen LogP contribution >= 0.6 is 11.3 Å². The van der Waals surface area contributed by atoms with Crippen LogP contribution in [0.3, 0.4) is 0 Å². The molecule has 0 bridgehead atoms. The first-order valence-electron chi connectivity index (χ1n) is 6.88. The number of aromatic nitrogens is 1. The summed E-state index contributed by atoms with van der Waals surface area (Å²) in [7, 11) is -4.02. The number of aryl methyl sites for hydroxylation is 1. The van der Waals surface area contributed by atoms with Gasteiger partial charge in [-0.3, -0.25) is 4.72 Å². The third kappa shape index (κ3) is 3.85. The van der Waals surface area contributed by atoms with Crippen LogP contribution in [0.1, 0.15) is 11.5 Å². The molecule has 1 N–H and O–H groups in total. The molecular formula is C15H11F3N2O3S2. The molecule has 0 spiro atoms. The maximum absolute atomic E-state index is 12.7. The van der Waals surface area contributed by atoms with Gasteiger partial charge in [0, 0.05) is 12.6 Å². The van der Waals surface area contributed by atoms with Crippen LogP contribution in [0.25, 0.3) is 10.6 Å². The molecule has 2 aromatic heterocycles. The monoisotopic (exact) mass is 388 g/mol. The molecule has 0 amide bonds. The van der Waals surface area contributed by atoms with E-state index in [2.05, 4.69) is 9.71 Å². The number of anilines is 1. The normalized spacial score (nSPS) is 12.3. The summed E-state index contributed by atoms with van der Waals surface area (Å²) in [5.41, 5.74) is -1.10. The van der Waals surface area contributed by atoms with Crippen molar-refractivity contribution in [3.8, 4) is 10.6 Å². The molecule has 0 aliphatic rings. The van der Waals surface area contributed by atoms with Crippen LogP contribution in [0.4, 0.5) is 18.9 Å². The molecular weight excluding hydrogens is 377 g/mol. The molecule has 10 heteroatoms. The van der Waals surface area contributed by atoms with Gasteiger partial charge in [-0.2, -0.15) is 13.2 Å². The van der Waals surface area contributed by atoms with Crippen molar-refractivity contribution in [3.63, 3.8) is 0 Å². The van der Waals surface area contributed by atoms with Crippen LogP contribution in [-0.2, 0) is 16.2 Å². The van der Waals surface area contributed by atoms with Crippen LogP contribution in [0, 0.1) is 6.92 Å². The Morgan fingerprint density at radius 2 is 1.96 bits per heavy atom. The highest BCUT2D eigenvalue weighted by molar-refractivity contribution is 7.94. The van der Waals surface area contributed by atoms with Crippen LogP contribution in [0.5, 0.6) is 0 Å². The molecule has 3 rings (SSSR count). The molecule has 1 aromatic carbocycles. The molecule has 0 atom stereocenters. The van der Waals surface area contributed by atoms with Crippen molar-refractivity contribution in [1.29, 1.82) is 0 Å². The van der Waals surface area contributed by atoms with Crippen LogP contribution in [0.2, 0.25) is 0 Å². The van der Waals surface area contributed by atoms with E-state index in [0.717, 1.165) is 29.5 Å². The lowest BCUT2D eigenvalue weighted by molar-refractivity contribution is -0.137. The van der Waals surface area contributed by atoms with Crippen LogP contribution < -0.4 is 4.72 Å². The van der Waals surface area contributed by atoms with Gasteiger partial charge in [-0.15, -0.1) is 11.3 Å². The second kappa shape index (κ2) is 6.19. The summed E-state index contributed by atoms with van der Waals surface area (Å²) in [6.45, 7) is 1.66.